The Morgan fingerprint density at radius 1 is 0.531 bits per heavy atom. The summed E-state index contributed by atoms with van der Waals surface area (Å²) in [7, 11) is 0. The minimum Gasteiger partial charge on any atom is -0.455 e. The molecule has 0 saturated heterocycles. The SMILES string of the molecule is CC1(C)c2ccccc2-c2ccc(-c3cccc4c3oc3cccc(-c5cccc(-c6nc7ccccn7c6-c6ccccc6)c5)c34)cc21. The third-order valence-corrected chi connectivity index (χ3v) is 10.4. The molecule has 10 rings (SSSR count). The lowest BCUT2D eigenvalue weighted by Crippen LogP contribution is -2.14. The Morgan fingerprint density at radius 3 is 2.14 bits per heavy atom. The van der Waals surface area contributed by atoms with Crippen LogP contribution in [0.15, 0.2) is 162 Å². The van der Waals surface area contributed by atoms with Crippen molar-refractivity contribution in [2.75, 3.05) is 0 Å². The molecular formula is C46H32N2O. The number of hydrogen-bond acceptors (Lipinski definition) is 2. The molecule has 3 nitrogen and oxygen atoms in total. The zero-order valence-electron chi connectivity index (χ0n) is 27.3. The average molecular weight is 629 g/mol. The number of para-hydroxylation sites is 1. The molecule has 0 N–H and O–H groups in total. The van der Waals surface area contributed by atoms with Crippen LogP contribution in [0.3, 0.4) is 0 Å². The molecule has 9 aromatic rings. The van der Waals surface area contributed by atoms with Gasteiger partial charge in [-0.15, -0.1) is 0 Å². The Hall–Kier alpha value is -6.19. The maximum absolute atomic E-state index is 6.75. The van der Waals surface area contributed by atoms with Crippen LogP contribution in [0, 0.1) is 0 Å². The summed E-state index contributed by atoms with van der Waals surface area (Å²) in [6.45, 7) is 4.66. The second-order valence-electron chi connectivity index (χ2n) is 13.6. The van der Waals surface area contributed by atoms with Crippen molar-refractivity contribution in [2.24, 2.45) is 0 Å². The fourth-order valence-electron chi connectivity index (χ4n) is 8.09. The van der Waals surface area contributed by atoms with Gasteiger partial charge in [-0.1, -0.05) is 135 Å². The highest BCUT2D eigenvalue weighted by molar-refractivity contribution is 6.15. The molecule has 0 spiro atoms. The molecule has 0 bridgehead atoms. The normalized spacial score (nSPS) is 13.3. The van der Waals surface area contributed by atoms with Gasteiger partial charge in [-0.25, -0.2) is 4.98 Å². The smallest absolute Gasteiger partial charge is 0.143 e. The molecule has 0 unspecified atom stereocenters. The molecule has 3 aromatic heterocycles. The lowest BCUT2D eigenvalue weighted by molar-refractivity contribution is 0.660. The minimum absolute atomic E-state index is 0.0663. The molecular weight excluding hydrogens is 597 g/mol. The van der Waals surface area contributed by atoms with E-state index >= 15 is 0 Å². The number of imidazole rings is 1. The van der Waals surface area contributed by atoms with Gasteiger partial charge in [0, 0.05) is 39.1 Å². The predicted molar refractivity (Wildman–Crippen MR) is 202 cm³/mol. The minimum atomic E-state index is -0.0663. The molecule has 3 heteroatoms. The van der Waals surface area contributed by atoms with Crippen LogP contribution in [0.2, 0.25) is 0 Å². The molecule has 0 atom stereocenters. The van der Waals surface area contributed by atoms with Gasteiger partial charge in [0.05, 0.1) is 11.4 Å². The summed E-state index contributed by atoms with van der Waals surface area (Å²) in [5.74, 6) is 0. The summed E-state index contributed by atoms with van der Waals surface area (Å²) in [5, 5.41) is 2.25. The first kappa shape index (κ1) is 27.9. The zero-order valence-corrected chi connectivity index (χ0v) is 27.3. The van der Waals surface area contributed by atoms with E-state index in [9.17, 15) is 0 Å². The number of pyridine rings is 1. The van der Waals surface area contributed by atoms with Crippen LogP contribution in [0.4, 0.5) is 0 Å². The van der Waals surface area contributed by atoms with E-state index in [0.29, 0.717) is 0 Å². The van der Waals surface area contributed by atoms with Crippen LogP contribution in [-0.4, -0.2) is 9.38 Å². The van der Waals surface area contributed by atoms with Gasteiger partial charge < -0.3 is 4.42 Å². The van der Waals surface area contributed by atoms with E-state index < -0.39 is 0 Å². The van der Waals surface area contributed by atoms with Crippen molar-refractivity contribution in [1.29, 1.82) is 0 Å². The summed E-state index contributed by atoms with van der Waals surface area (Å²) in [6.07, 6.45) is 2.09. The number of rotatable bonds is 4. The predicted octanol–water partition coefficient (Wildman–Crippen LogP) is 12.2. The largest absolute Gasteiger partial charge is 0.455 e. The second-order valence-corrected chi connectivity index (χ2v) is 13.6. The van der Waals surface area contributed by atoms with Crippen molar-refractivity contribution < 1.29 is 4.42 Å². The van der Waals surface area contributed by atoms with E-state index in [4.69, 9.17) is 9.40 Å². The molecule has 1 aliphatic rings. The van der Waals surface area contributed by atoms with E-state index in [1.807, 2.05) is 6.07 Å². The van der Waals surface area contributed by atoms with Gasteiger partial charge in [0.2, 0.25) is 0 Å². The Bertz CT molecular complexity index is 2750. The Balaban J connectivity index is 1.13. The molecule has 0 amide bonds. The third kappa shape index (κ3) is 4.12. The molecule has 1 aliphatic carbocycles. The summed E-state index contributed by atoms with van der Waals surface area (Å²) in [4.78, 5) is 5.13. The van der Waals surface area contributed by atoms with Gasteiger partial charge in [-0.05, 0) is 69.3 Å². The zero-order chi connectivity index (χ0) is 32.7. The maximum Gasteiger partial charge on any atom is 0.143 e. The molecule has 0 radical (unpaired) electrons. The fraction of sp³-hybridized carbons (Fsp3) is 0.0652. The number of hydrogen-bond donors (Lipinski definition) is 0. The van der Waals surface area contributed by atoms with Crippen LogP contribution in [0.1, 0.15) is 25.0 Å². The average Bonchev–Trinajstić information content (AvgIpc) is 3.80. The second kappa shape index (κ2) is 10.4. The standard InChI is InChI=1S/C46H32N2O/c1-46(2)38-21-7-6-17-35(38)36-25-24-31(28-39(36)46)34-19-11-20-37-42-33(18-12-22-40(42)49-45(34)37)30-15-10-16-32(27-30)43-44(29-13-4-3-5-14-29)48-26-9-8-23-41(48)47-43/h3-28H,1-2H3. The van der Waals surface area contributed by atoms with E-state index in [-0.39, 0.29) is 5.41 Å². The highest BCUT2D eigenvalue weighted by Crippen LogP contribution is 2.50. The van der Waals surface area contributed by atoms with E-state index in [2.05, 4.69) is 170 Å². The van der Waals surface area contributed by atoms with Crippen LogP contribution in [0.25, 0.3) is 83.5 Å². The fourth-order valence-corrected chi connectivity index (χ4v) is 8.09. The van der Waals surface area contributed by atoms with Crippen LogP contribution < -0.4 is 0 Å². The van der Waals surface area contributed by atoms with Crippen molar-refractivity contribution in [3.8, 4) is 55.9 Å². The van der Waals surface area contributed by atoms with Crippen LogP contribution in [-0.2, 0) is 5.41 Å². The maximum atomic E-state index is 6.75. The van der Waals surface area contributed by atoms with Crippen molar-refractivity contribution in [1.82, 2.24) is 9.38 Å². The lowest BCUT2D eigenvalue weighted by Gasteiger charge is -2.22. The molecule has 0 saturated carbocycles. The van der Waals surface area contributed by atoms with Gasteiger partial charge in [0.15, 0.2) is 0 Å². The van der Waals surface area contributed by atoms with Crippen molar-refractivity contribution >= 4 is 27.6 Å². The first-order chi connectivity index (χ1) is 24.1. The Kier molecular flexibility index (Phi) is 5.92. The van der Waals surface area contributed by atoms with Crippen molar-refractivity contribution in [2.45, 2.75) is 19.3 Å². The summed E-state index contributed by atoms with van der Waals surface area (Å²) in [5.41, 5.74) is 16.9. The highest BCUT2D eigenvalue weighted by Gasteiger charge is 2.35. The number of nitrogens with zero attached hydrogens (tertiary/aromatic N) is 2. The molecule has 3 heterocycles. The number of furan rings is 1. The number of aromatic nitrogens is 2. The van der Waals surface area contributed by atoms with Crippen molar-refractivity contribution in [3.05, 3.63) is 169 Å². The Morgan fingerprint density at radius 2 is 1.22 bits per heavy atom. The Labute approximate surface area is 284 Å². The third-order valence-electron chi connectivity index (χ3n) is 10.4. The molecule has 0 aliphatic heterocycles. The van der Waals surface area contributed by atoms with Crippen molar-refractivity contribution in [3.63, 3.8) is 0 Å². The topological polar surface area (TPSA) is 30.4 Å². The van der Waals surface area contributed by atoms with Gasteiger partial charge in [-0.2, -0.15) is 0 Å². The van der Waals surface area contributed by atoms with Crippen LogP contribution >= 0.6 is 0 Å². The van der Waals surface area contributed by atoms with Gasteiger partial charge >= 0.3 is 0 Å². The number of fused-ring (bicyclic) bond motifs is 7. The first-order valence-corrected chi connectivity index (χ1v) is 16.9. The van der Waals surface area contributed by atoms with Gasteiger partial charge in [0.1, 0.15) is 16.8 Å². The van der Waals surface area contributed by atoms with E-state index in [1.54, 1.807) is 0 Å². The quantitative estimate of drug-likeness (QED) is 0.194. The van der Waals surface area contributed by atoms with Gasteiger partial charge in [-0.3, -0.25) is 4.40 Å². The molecule has 6 aromatic carbocycles. The first-order valence-electron chi connectivity index (χ1n) is 16.9. The van der Waals surface area contributed by atoms with E-state index in [0.717, 1.165) is 66.8 Å². The van der Waals surface area contributed by atoms with E-state index in [1.165, 1.54) is 27.8 Å². The highest BCUT2D eigenvalue weighted by atomic mass is 16.3. The monoisotopic (exact) mass is 628 g/mol. The summed E-state index contributed by atoms with van der Waals surface area (Å²) >= 11 is 0. The lowest BCUT2D eigenvalue weighted by atomic mass is 9.81. The summed E-state index contributed by atoms with van der Waals surface area (Å²) in [6, 6.07) is 54.1. The van der Waals surface area contributed by atoms with Crippen LogP contribution in [0.5, 0.6) is 0 Å². The molecule has 232 valence electrons. The molecule has 0 fully saturated rings. The summed E-state index contributed by atoms with van der Waals surface area (Å²) < 4.78 is 8.93. The number of benzene rings is 6. The van der Waals surface area contributed by atoms with Gasteiger partial charge in [0.25, 0.3) is 0 Å². The molecule has 49 heavy (non-hydrogen) atoms.